The van der Waals surface area contributed by atoms with Gasteiger partial charge >= 0.3 is 0 Å². The molecule has 2 aromatic heterocycles. The Labute approximate surface area is 230 Å². The molecule has 1 saturated heterocycles. The highest BCUT2D eigenvalue weighted by atomic mass is 19.1. The summed E-state index contributed by atoms with van der Waals surface area (Å²) in [5.41, 5.74) is 3.98. The van der Waals surface area contributed by atoms with Gasteiger partial charge in [-0.1, -0.05) is 6.07 Å². The number of carbonyl (C=O) groups is 1. The van der Waals surface area contributed by atoms with Crippen LogP contribution in [-0.2, 0) is 31.2 Å². The van der Waals surface area contributed by atoms with Crippen LogP contribution >= 0.6 is 0 Å². The van der Waals surface area contributed by atoms with Gasteiger partial charge in [0.1, 0.15) is 11.6 Å². The molecular formula is C31H38FN5O2. The molecule has 2 fully saturated rings. The highest BCUT2D eigenvalue weighted by Crippen LogP contribution is 2.49. The van der Waals surface area contributed by atoms with Gasteiger partial charge in [-0.3, -0.25) is 4.79 Å². The number of aromatic nitrogens is 3. The van der Waals surface area contributed by atoms with Crippen LogP contribution in [0.2, 0.25) is 0 Å². The van der Waals surface area contributed by atoms with E-state index in [2.05, 4.69) is 25.5 Å². The molecule has 1 aromatic carbocycles. The van der Waals surface area contributed by atoms with E-state index in [1.807, 2.05) is 37.5 Å². The maximum Gasteiger partial charge on any atom is 0.227 e. The zero-order valence-electron chi connectivity index (χ0n) is 23.0. The predicted octanol–water partition coefficient (Wildman–Crippen LogP) is 4.71. The predicted molar refractivity (Wildman–Crippen MR) is 148 cm³/mol. The van der Waals surface area contributed by atoms with Crippen molar-refractivity contribution in [3.05, 3.63) is 71.1 Å². The summed E-state index contributed by atoms with van der Waals surface area (Å²) in [6.07, 6.45) is 11.4. The van der Waals surface area contributed by atoms with E-state index in [9.17, 15) is 9.18 Å². The van der Waals surface area contributed by atoms with E-state index < -0.39 is 0 Å². The van der Waals surface area contributed by atoms with Gasteiger partial charge in [0, 0.05) is 70.0 Å². The Hall–Kier alpha value is -3.42. The molecule has 4 heterocycles. The Balaban J connectivity index is 0.924. The lowest BCUT2D eigenvalue weighted by molar-refractivity contribution is -0.131. The number of halogens is 1. The second kappa shape index (κ2) is 11.0. The fraction of sp³-hybridized carbons (Fsp3) is 0.516. The molecule has 3 aliphatic rings. The fourth-order valence-corrected chi connectivity index (χ4v) is 6.45. The molecule has 1 amide bonds. The molecule has 39 heavy (non-hydrogen) atoms. The van der Waals surface area contributed by atoms with E-state index in [4.69, 9.17) is 4.74 Å². The van der Waals surface area contributed by atoms with E-state index in [1.54, 1.807) is 12.1 Å². The average molecular weight is 532 g/mol. The summed E-state index contributed by atoms with van der Waals surface area (Å²) in [6.45, 7) is 5.92. The molecule has 0 unspecified atom stereocenters. The van der Waals surface area contributed by atoms with Gasteiger partial charge < -0.3 is 19.1 Å². The first-order chi connectivity index (χ1) is 18.9. The summed E-state index contributed by atoms with van der Waals surface area (Å²) in [4.78, 5) is 25.9. The number of fused-ring (bicyclic) bond motifs is 1. The number of benzene rings is 1. The van der Waals surface area contributed by atoms with Crippen molar-refractivity contribution in [3.8, 4) is 5.75 Å². The summed E-state index contributed by atoms with van der Waals surface area (Å²) in [5, 5.41) is 0. The molecule has 206 valence electrons. The first-order valence-electron chi connectivity index (χ1n) is 14.3. The SMILES string of the molecule is Cc1cnc(N2CCC([C@H]3C[C@H]3CCOc3ccc(CC(=O)N4CCc5c(ccn5C)C4)c(F)c3)CC2)nc1. The van der Waals surface area contributed by atoms with Crippen LogP contribution in [0, 0.1) is 30.5 Å². The summed E-state index contributed by atoms with van der Waals surface area (Å²) < 4.78 is 22.9. The van der Waals surface area contributed by atoms with Crippen molar-refractivity contribution >= 4 is 11.9 Å². The Morgan fingerprint density at radius 2 is 1.92 bits per heavy atom. The van der Waals surface area contributed by atoms with Gasteiger partial charge in [-0.15, -0.1) is 0 Å². The van der Waals surface area contributed by atoms with Crippen molar-refractivity contribution in [1.29, 1.82) is 0 Å². The standard InChI is InChI=1S/C31H38FN5O2/c1-21-18-33-31(34-19-21)36-11-6-22(7-12-36)27-15-23(27)9-14-39-26-4-3-24(28(32)17-26)16-30(38)37-13-8-29-25(20-37)5-10-35(29)2/h3-5,10,17-19,22-23,27H,6-9,11-16,20H2,1-2H3/t23-,27-/m1/s1. The molecule has 2 aliphatic heterocycles. The van der Waals surface area contributed by atoms with Crippen LogP contribution in [0.4, 0.5) is 10.3 Å². The summed E-state index contributed by atoms with van der Waals surface area (Å²) in [5.74, 6) is 3.23. The van der Waals surface area contributed by atoms with Crippen LogP contribution in [-0.4, -0.2) is 51.6 Å². The minimum absolute atomic E-state index is 0.0333. The van der Waals surface area contributed by atoms with E-state index in [0.717, 1.165) is 49.3 Å². The number of piperidine rings is 1. The zero-order valence-corrected chi connectivity index (χ0v) is 23.0. The molecule has 0 bridgehead atoms. The van der Waals surface area contributed by atoms with Crippen LogP contribution in [0.5, 0.6) is 5.75 Å². The van der Waals surface area contributed by atoms with Gasteiger partial charge in [0.25, 0.3) is 0 Å². The van der Waals surface area contributed by atoms with E-state index in [0.29, 0.717) is 36.9 Å². The van der Waals surface area contributed by atoms with Gasteiger partial charge in [0.05, 0.1) is 13.0 Å². The van der Waals surface area contributed by atoms with E-state index >= 15 is 0 Å². The lowest BCUT2D eigenvalue weighted by Gasteiger charge is -2.32. The Morgan fingerprint density at radius 1 is 1.13 bits per heavy atom. The Bertz CT molecular complexity index is 1320. The van der Waals surface area contributed by atoms with E-state index in [1.165, 1.54) is 36.6 Å². The number of ether oxygens (including phenoxy) is 1. The first-order valence-corrected chi connectivity index (χ1v) is 14.3. The summed E-state index contributed by atoms with van der Waals surface area (Å²) in [7, 11) is 2.03. The lowest BCUT2D eigenvalue weighted by atomic mass is 9.90. The average Bonchev–Trinajstić information content (AvgIpc) is 3.63. The third-order valence-corrected chi connectivity index (χ3v) is 8.92. The van der Waals surface area contributed by atoms with Crippen molar-refractivity contribution in [2.24, 2.45) is 24.8 Å². The van der Waals surface area contributed by atoms with Crippen LogP contribution in [0.1, 0.15) is 48.1 Å². The van der Waals surface area contributed by atoms with Gasteiger partial charge in [0.2, 0.25) is 11.9 Å². The third-order valence-electron chi connectivity index (χ3n) is 8.92. The van der Waals surface area contributed by atoms with Gasteiger partial charge in [0.15, 0.2) is 0 Å². The highest BCUT2D eigenvalue weighted by Gasteiger charge is 2.43. The fourth-order valence-electron chi connectivity index (χ4n) is 6.45. The first kappa shape index (κ1) is 25.8. The number of rotatable bonds is 8. The smallest absolute Gasteiger partial charge is 0.227 e. The number of aryl methyl sites for hydroxylation is 2. The number of carbonyl (C=O) groups excluding carboxylic acids is 1. The van der Waals surface area contributed by atoms with Crippen molar-refractivity contribution in [2.45, 2.75) is 52.0 Å². The normalized spacial score (nSPS) is 21.1. The minimum Gasteiger partial charge on any atom is -0.493 e. The zero-order chi connectivity index (χ0) is 26.9. The number of amides is 1. The third kappa shape index (κ3) is 5.80. The van der Waals surface area contributed by atoms with Crippen molar-refractivity contribution < 1.29 is 13.9 Å². The molecule has 8 heteroatoms. The lowest BCUT2D eigenvalue weighted by Crippen LogP contribution is -2.37. The van der Waals surface area contributed by atoms with Crippen LogP contribution in [0.25, 0.3) is 0 Å². The maximum absolute atomic E-state index is 14.8. The molecule has 3 aromatic rings. The van der Waals surface area contributed by atoms with Crippen LogP contribution in [0.3, 0.4) is 0 Å². The quantitative estimate of drug-likeness (QED) is 0.421. The highest BCUT2D eigenvalue weighted by molar-refractivity contribution is 5.79. The number of hydrogen-bond acceptors (Lipinski definition) is 5. The van der Waals surface area contributed by atoms with Crippen molar-refractivity contribution in [3.63, 3.8) is 0 Å². The molecule has 1 aliphatic carbocycles. The van der Waals surface area contributed by atoms with Crippen LogP contribution in [0.15, 0.2) is 42.9 Å². The number of anilines is 1. The van der Waals surface area contributed by atoms with Gasteiger partial charge in [-0.25, -0.2) is 14.4 Å². The van der Waals surface area contributed by atoms with Gasteiger partial charge in [-0.2, -0.15) is 0 Å². The van der Waals surface area contributed by atoms with Crippen molar-refractivity contribution in [2.75, 3.05) is 31.1 Å². The number of nitrogens with zero attached hydrogens (tertiary/aromatic N) is 5. The topological polar surface area (TPSA) is 63.5 Å². The Kier molecular flexibility index (Phi) is 7.28. The minimum atomic E-state index is -0.369. The van der Waals surface area contributed by atoms with Gasteiger partial charge in [-0.05, 0) is 79.2 Å². The second-order valence-electron chi connectivity index (χ2n) is 11.6. The largest absolute Gasteiger partial charge is 0.493 e. The summed E-state index contributed by atoms with van der Waals surface area (Å²) in [6, 6.07) is 6.99. The maximum atomic E-state index is 14.8. The molecule has 2 atom stereocenters. The summed E-state index contributed by atoms with van der Waals surface area (Å²) >= 11 is 0. The van der Waals surface area contributed by atoms with Crippen LogP contribution < -0.4 is 9.64 Å². The monoisotopic (exact) mass is 531 g/mol. The molecule has 0 N–H and O–H groups in total. The van der Waals surface area contributed by atoms with E-state index in [-0.39, 0.29) is 18.1 Å². The van der Waals surface area contributed by atoms with Crippen molar-refractivity contribution in [1.82, 2.24) is 19.4 Å². The molecule has 0 radical (unpaired) electrons. The molecule has 7 nitrogen and oxygen atoms in total. The Morgan fingerprint density at radius 3 is 2.69 bits per heavy atom. The molecule has 1 saturated carbocycles. The second-order valence-corrected chi connectivity index (χ2v) is 11.6. The molecular weight excluding hydrogens is 493 g/mol. The number of hydrogen-bond donors (Lipinski definition) is 0. The molecule has 6 rings (SSSR count). The molecule has 0 spiro atoms.